The first-order chi connectivity index (χ1) is 11.2. The number of rotatable bonds is 5. The number of likely N-dealkylation sites (tertiary alicyclic amines) is 1. The highest BCUT2D eigenvalue weighted by Crippen LogP contribution is 2.33. The summed E-state index contributed by atoms with van der Waals surface area (Å²) < 4.78 is 5.47. The first kappa shape index (κ1) is 16.2. The van der Waals surface area contributed by atoms with Crippen molar-refractivity contribution in [2.75, 3.05) is 32.0 Å². The van der Waals surface area contributed by atoms with Crippen molar-refractivity contribution in [3.8, 4) is 5.75 Å². The van der Waals surface area contributed by atoms with Crippen LogP contribution in [0.3, 0.4) is 0 Å². The summed E-state index contributed by atoms with van der Waals surface area (Å²) in [5.41, 5.74) is 1.14. The highest BCUT2D eigenvalue weighted by atomic mass is 32.2. The Labute approximate surface area is 141 Å². The van der Waals surface area contributed by atoms with Gasteiger partial charge in [0.2, 0.25) is 5.91 Å². The summed E-state index contributed by atoms with van der Waals surface area (Å²) in [4.78, 5) is 27.9. The lowest BCUT2D eigenvalue weighted by Crippen LogP contribution is -2.40. The van der Waals surface area contributed by atoms with E-state index in [2.05, 4.69) is 0 Å². The van der Waals surface area contributed by atoms with E-state index in [9.17, 15) is 9.59 Å². The minimum Gasteiger partial charge on any atom is -0.494 e. The van der Waals surface area contributed by atoms with Crippen molar-refractivity contribution >= 4 is 22.9 Å². The number of carbonyl (C=O) groups excluding carboxylic acids is 2. The van der Waals surface area contributed by atoms with Crippen LogP contribution < -0.4 is 4.74 Å². The summed E-state index contributed by atoms with van der Waals surface area (Å²) in [5, 5.41) is 0.0233. The van der Waals surface area contributed by atoms with Crippen molar-refractivity contribution in [3.05, 3.63) is 29.8 Å². The monoisotopic (exact) mass is 334 g/mol. The largest absolute Gasteiger partial charge is 0.494 e. The van der Waals surface area contributed by atoms with Crippen molar-refractivity contribution in [2.45, 2.75) is 25.8 Å². The molecule has 1 unspecified atom stereocenters. The maximum atomic E-state index is 12.6. The van der Waals surface area contributed by atoms with Gasteiger partial charge < -0.3 is 14.5 Å². The lowest BCUT2D eigenvalue weighted by atomic mass is 10.0. The number of amides is 2. The zero-order valence-corrected chi connectivity index (χ0v) is 14.2. The molecule has 2 fully saturated rings. The molecular weight excluding hydrogens is 312 g/mol. The topological polar surface area (TPSA) is 49.9 Å². The van der Waals surface area contributed by atoms with E-state index < -0.39 is 0 Å². The average molecular weight is 334 g/mol. The third-order valence-corrected chi connectivity index (χ3v) is 5.21. The zero-order chi connectivity index (χ0) is 16.2. The van der Waals surface area contributed by atoms with Gasteiger partial charge in [0.1, 0.15) is 12.3 Å². The number of carbonyl (C=O) groups is 2. The maximum absolute atomic E-state index is 12.6. The molecule has 0 N–H and O–H groups in total. The predicted octanol–water partition coefficient (Wildman–Crippen LogP) is 2.92. The van der Waals surface area contributed by atoms with E-state index in [1.165, 1.54) is 11.8 Å². The van der Waals surface area contributed by atoms with Crippen molar-refractivity contribution in [2.24, 2.45) is 0 Å². The van der Waals surface area contributed by atoms with E-state index in [1.54, 1.807) is 4.90 Å². The summed E-state index contributed by atoms with van der Waals surface area (Å²) in [6.45, 7) is 4.26. The molecular formula is C17H22N2O3S. The summed E-state index contributed by atoms with van der Waals surface area (Å²) in [5.74, 6) is 1.69. The van der Waals surface area contributed by atoms with E-state index >= 15 is 0 Å². The Balaban J connectivity index is 1.67. The van der Waals surface area contributed by atoms with Crippen LogP contribution in [-0.2, 0) is 4.79 Å². The van der Waals surface area contributed by atoms with Crippen molar-refractivity contribution < 1.29 is 14.3 Å². The van der Waals surface area contributed by atoms with Crippen LogP contribution in [0.15, 0.2) is 24.3 Å². The SMILES string of the molecule is CCOc1ccc(C2CCCN2C(=O)CN2CCSC2=O)cc1. The Kier molecular flexibility index (Phi) is 5.10. The fourth-order valence-electron chi connectivity index (χ4n) is 3.19. The van der Waals surface area contributed by atoms with E-state index in [0.29, 0.717) is 13.2 Å². The Morgan fingerprint density at radius 2 is 2.09 bits per heavy atom. The van der Waals surface area contributed by atoms with Gasteiger partial charge in [-0.05, 0) is 37.5 Å². The molecule has 2 aliphatic heterocycles. The molecule has 0 aromatic heterocycles. The van der Waals surface area contributed by atoms with Crippen LogP contribution in [0, 0.1) is 0 Å². The number of hydrogen-bond acceptors (Lipinski definition) is 4. The van der Waals surface area contributed by atoms with Gasteiger partial charge in [0.05, 0.1) is 12.6 Å². The van der Waals surface area contributed by atoms with Crippen LogP contribution >= 0.6 is 11.8 Å². The van der Waals surface area contributed by atoms with E-state index in [0.717, 1.165) is 36.5 Å². The molecule has 2 aliphatic rings. The average Bonchev–Trinajstić information content (AvgIpc) is 3.18. The van der Waals surface area contributed by atoms with E-state index in [-0.39, 0.29) is 23.7 Å². The first-order valence-electron chi connectivity index (χ1n) is 8.13. The molecule has 3 rings (SSSR count). The van der Waals surface area contributed by atoms with Crippen LogP contribution in [-0.4, -0.2) is 52.9 Å². The van der Waals surface area contributed by atoms with E-state index in [1.807, 2.05) is 36.1 Å². The van der Waals surface area contributed by atoms with Gasteiger partial charge in [-0.2, -0.15) is 0 Å². The van der Waals surface area contributed by atoms with Gasteiger partial charge in [-0.25, -0.2) is 0 Å². The smallest absolute Gasteiger partial charge is 0.282 e. The molecule has 2 saturated heterocycles. The first-order valence-corrected chi connectivity index (χ1v) is 9.11. The molecule has 0 saturated carbocycles. The highest BCUT2D eigenvalue weighted by Gasteiger charge is 2.32. The number of ether oxygens (including phenoxy) is 1. The second-order valence-electron chi connectivity index (χ2n) is 5.78. The second kappa shape index (κ2) is 7.25. The highest BCUT2D eigenvalue weighted by molar-refractivity contribution is 8.13. The van der Waals surface area contributed by atoms with Crippen molar-refractivity contribution in [3.63, 3.8) is 0 Å². The summed E-state index contributed by atoms with van der Waals surface area (Å²) >= 11 is 1.30. The Hall–Kier alpha value is -1.69. The Morgan fingerprint density at radius 3 is 2.74 bits per heavy atom. The van der Waals surface area contributed by atoms with Gasteiger partial charge >= 0.3 is 0 Å². The molecule has 1 aromatic rings. The maximum Gasteiger partial charge on any atom is 0.282 e. The van der Waals surface area contributed by atoms with Crippen LogP contribution in [0.1, 0.15) is 31.4 Å². The van der Waals surface area contributed by atoms with Gasteiger partial charge in [-0.15, -0.1) is 0 Å². The molecule has 5 nitrogen and oxygen atoms in total. The van der Waals surface area contributed by atoms with Crippen molar-refractivity contribution in [1.29, 1.82) is 0 Å². The summed E-state index contributed by atoms with van der Waals surface area (Å²) in [6, 6.07) is 8.11. The van der Waals surface area contributed by atoms with Gasteiger partial charge in [-0.1, -0.05) is 23.9 Å². The Bertz CT molecular complexity index is 576. The molecule has 0 bridgehead atoms. The van der Waals surface area contributed by atoms with E-state index in [4.69, 9.17) is 4.74 Å². The quantitative estimate of drug-likeness (QED) is 0.831. The predicted molar refractivity (Wildman–Crippen MR) is 90.7 cm³/mol. The zero-order valence-electron chi connectivity index (χ0n) is 13.4. The van der Waals surface area contributed by atoms with Gasteiger partial charge in [0.25, 0.3) is 5.24 Å². The van der Waals surface area contributed by atoms with Crippen LogP contribution in [0.4, 0.5) is 4.79 Å². The minimum atomic E-state index is 0.0233. The normalized spacial score (nSPS) is 21.1. The third kappa shape index (κ3) is 3.63. The van der Waals surface area contributed by atoms with Gasteiger partial charge in [0.15, 0.2) is 0 Å². The minimum absolute atomic E-state index is 0.0233. The third-order valence-electron chi connectivity index (χ3n) is 4.32. The standard InChI is InChI=1S/C17H22N2O3S/c1-2-22-14-7-5-13(6-8-14)15-4-3-9-19(15)16(20)12-18-10-11-23-17(18)21/h5-8,15H,2-4,9-12H2,1H3. The lowest BCUT2D eigenvalue weighted by molar-refractivity contribution is -0.132. The Morgan fingerprint density at radius 1 is 1.30 bits per heavy atom. The molecule has 0 radical (unpaired) electrons. The number of benzene rings is 1. The summed E-state index contributed by atoms with van der Waals surface area (Å²) in [6.07, 6.45) is 1.98. The lowest BCUT2D eigenvalue weighted by Gasteiger charge is -2.27. The van der Waals surface area contributed by atoms with Crippen molar-refractivity contribution in [1.82, 2.24) is 9.80 Å². The van der Waals surface area contributed by atoms with Crippen LogP contribution in [0.25, 0.3) is 0 Å². The molecule has 1 atom stereocenters. The number of hydrogen-bond donors (Lipinski definition) is 0. The number of nitrogens with zero attached hydrogens (tertiary/aromatic N) is 2. The second-order valence-corrected chi connectivity index (χ2v) is 6.83. The fourth-order valence-corrected chi connectivity index (χ4v) is 4.01. The van der Waals surface area contributed by atoms with Crippen LogP contribution in [0.2, 0.25) is 0 Å². The molecule has 2 amide bonds. The van der Waals surface area contributed by atoms with Gasteiger partial charge in [0, 0.05) is 18.8 Å². The van der Waals surface area contributed by atoms with Gasteiger partial charge in [-0.3, -0.25) is 9.59 Å². The molecule has 2 heterocycles. The fraction of sp³-hybridized carbons (Fsp3) is 0.529. The molecule has 23 heavy (non-hydrogen) atoms. The summed E-state index contributed by atoms with van der Waals surface area (Å²) in [7, 11) is 0. The molecule has 1 aromatic carbocycles. The molecule has 6 heteroatoms. The molecule has 0 spiro atoms. The van der Waals surface area contributed by atoms with Crippen LogP contribution in [0.5, 0.6) is 5.75 Å². The molecule has 124 valence electrons. The molecule has 0 aliphatic carbocycles. The number of thioether (sulfide) groups is 1.